The molecule has 0 atom stereocenters. The van der Waals surface area contributed by atoms with Crippen LogP contribution in [0.4, 0.5) is 37.7 Å². The summed E-state index contributed by atoms with van der Waals surface area (Å²) < 4.78 is 84.6. The number of nitro benzene ring substituents is 2. The number of benzene rings is 2. The fourth-order valence-electron chi connectivity index (χ4n) is 3.01. The minimum atomic E-state index is -5.22. The van der Waals surface area contributed by atoms with E-state index in [0.717, 1.165) is 0 Å². The second-order valence-electron chi connectivity index (χ2n) is 6.78. The molecule has 0 fully saturated rings. The van der Waals surface area contributed by atoms with Crippen molar-refractivity contribution >= 4 is 28.4 Å². The van der Waals surface area contributed by atoms with Crippen LogP contribution in [0, 0.1) is 20.2 Å². The summed E-state index contributed by atoms with van der Waals surface area (Å²) in [5, 5.41) is 22.4. The molecule has 3 rings (SSSR count). The summed E-state index contributed by atoms with van der Waals surface area (Å²) >= 11 is 0. The molecule has 2 aromatic carbocycles. The Morgan fingerprint density at radius 3 is 1.71 bits per heavy atom. The first kappa shape index (κ1) is 25.3. The highest BCUT2D eigenvalue weighted by Crippen LogP contribution is 2.39. The molecule has 35 heavy (non-hydrogen) atoms. The zero-order chi connectivity index (χ0) is 26.3. The Morgan fingerprint density at radius 2 is 1.31 bits per heavy atom. The van der Waals surface area contributed by atoms with Crippen molar-refractivity contribution in [1.82, 2.24) is 9.97 Å². The number of fused-ring (bicyclic) bond motifs is 1. The van der Waals surface area contributed by atoms with Crippen molar-refractivity contribution in [2.75, 3.05) is 6.61 Å². The fourth-order valence-corrected chi connectivity index (χ4v) is 3.01. The maximum Gasteiger partial charge on any atom is 0.416 e. The third-order valence-corrected chi connectivity index (χ3v) is 4.48. The van der Waals surface area contributed by atoms with Gasteiger partial charge < -0.3 is 4.74 Å². The van der Waals surface area contributed by atoms with E-state index in [9.17, 15) is 51.4 Å². The number of aromatic nitrogens is 2. The van der Waals surface area contributed by atoms with E-state index in [4.69, 9.17) is 4.74 Å². The van der Waals surface area contributed by atoms with Crippen LogP contribution in [-0.4, -0.2) is 32.4 Å². The van der Waals surface area contributed by atoms with Crippen LogP contribution in [0.15, 0.2) is 30.3 Å². The molecule has 0 aliphatic rings. The Hall–Kier alpha value is -4.37. The van der Waals surface area contributed by atoms with Gasteiger partial charge in [0, 0.05) is 5.56 Å². The molecule has 10 nitrogen and oxygen atoms in total. The third kappa shape index (κ3) is 5.10. The van der Waals surface area contributed by atoms with Gasteiger partial charge in [0.25, 0.3) is 0 Å². The number of rotatable bonds is 5. The number of nitrogens with zero attached hydrogens (tertiary/aromatic N) is 4. The van der Waals surface area contributed by atoms with Gasteiger partial charge in [-0.3, -0.25) is 20.2 Å². The Kier molecular flexibility index (Phi) is 6.33. The van der Waals surface area contributed by atoms with E-state index < -0.39 is 78.7 Å². The van der Waals surface area contributed by atoms with Gasteiger partial charge in [0.2, 0.25) is 0 Å². The van der Waals surface area contributed by atoms with Crippen molar-refractivity contribution in [2.45, 2.75) is 19.3 Å². The molecule has 0 saturated carbocycles. The predicted molar refractivity (Wildman–Crippen MR) is 104 cm³/mol. The Balaban J connectivity index is 2.44. The number of hydrogen-bond acceptors (Lipinski definition) is 8. The van der Waals surface area contributed by atoms with Gasteiger partial charge in [0.15, 0.2) is 5.69 Å². The summed E-state index contributed by atoms with van der Waals surface area (Å²) in [7, 11) is 0. The summed E-state index contributed by atoms with van der Waals surface area (Å²) in [5.74, 6) is -1.30. The van der Waals surface area contributed by atoms with Crippen LogP contribution in [0.2, 0.25) is 0 Å². The maximum atomic E-state index is 13.3. The molecule has 0 amide bonds. The van der Waals surface area contributed by atoms with Crippen LogP contribution in [0.3, 0.4) is 0 Å². The van der Waals surface area contributed by atoms with Gasteiger partial charge >= 0.3 is 29.7 Å². The number of halogens is 6. The van der Waals surface area contributed by atoms with E-state index in [2.05, 4.69) is 9.97 Å². The lowest BCUT2D eigenvalue weighted by Gasteiger charge is -2.15. The van der Waals surface area contributed by atoms with Crippen LogP contribution in [0.1, 0.15) is 28.5 Å². The van der Waals surface area contributed by atoms with Gasteiger partial charge in [-0.2, -0.15) is 26.3 Å². The zero-order valence-electron chi connectivity index (χ0n) is 17.1. The maximum absolute atomic E-state index is 13.3. The van der Waals surface area contributed by atoms with Crippen molar-refractivity contribution in [3.63, 3.8) is 0 Å². The second-order valence-corrected chi connectivity index (χ2v) is 6.78. The average molecular weight is 504 g/mol. The van der Waals surface area contributed by atoms with E-state index >= 15 is 0 Å². The molecule has 3 aromatic rings. The van der Waals surface area contributed by atoms with Crippen molar-refractivity contribution in [3.05, 3.63) is 67.4 Å². The minimum Gasteiger partial charge on any atom is -0.461 e. The first-order valence-electron chi connectivity index (χ1n) is 9.25. The van der Waals surface area contributed by atoms with Gasteiger partial charge in [-0.05, 0) is 25.1 Å². The lowest BCUT2D eigenvalue weighted by atomic mass is 10.0. The number of alkyl halides is 6. The van der Waals surface area contributed by atoms with Crippen molar-refractivity contribution < 1.29 is 45.7 Å². The second kappa shape index (κ2) is 8.77. The van der Waals surface area contributed by atoms with Crippen molar-refractivity contribution in [3.8, 4) is 11.3 Å². The van der Waals surface area contributed by atoms with Crippen molar-refractivity contribution in [1.29, 1.82) is 0 Å². The molecule has 1 aromatic heterocycles. The van der Waals surface area contributed by atoms with E-state index in [1.54, 1.807) is 0 Å². The first-order chi connectivity index (χ1) is 16.1. The summed E-state index contributed by atoms with van der Waals surface area (Å²) in [6, 6.07) is 1.59. The van der Waals surface area contributed by atoms with Crippen LogP contribution in [0.25, 0.3) is 22.3 Å². The SMILES string of the molecule is CCOC(=O)c1nc2cc([N+](=O)[O-])c([N+](=O)[O-])cc2nc1-c1cc(C(F)(F)F)cc(C(F)(F)F)c1. The smallest absolute Gasteiger partial charge is 0.416 e. The highest BCUT2D eigenvalue weighted by molar-refractivity contribution is 5.97. The highest BCUT2D eigenvalue weighted by atomic mass is 19.4. The van der Waals surface area contributed by atoms with Gasteiger partial charge in [-0.15, -0.1) is 0 Å². The fraction of sp³-hybridized carbons (Fsp3) is 0.211. The lowest BCUT2D eigenvalue weighted by molar-refractivity contribution is -0.422. The van der Waals surface area contributed by atoms with Gasteiger partial charge in [0.05, 0.1) is 50.7 Å². The molecular weight excluding hydrogens is 494 g/mol. The van der Waals surface area contributed by atoms with Crippen molar-refractivity contribution in [2.24, 2.45) is 0 Å². The molecule has 0 aliphatic carbocycles. The van der Waals surface area contributed by atoms with Crippen LogP contribution in [0.5, 0.6) is 0 Å². The number of ether oxygens (including phenoxy) is 1. The highest BCUT2D eigenvalue weighted by Gasteiger charge is 2.38. The minimum absolute atomic E-state index is 0.143. The average Bonchev–Trinajstić information content (AvgIpc) is 2.75. The summed E-state index contributed by atoms with van der Waals surface area (Å²) in [5.41, 5.74) is -8.99. The Bertz CT molecular complexity index is 1340. The predicted octanol–water partition coefficient (Wildman–Crippen LogP) is 5.33. The zero-order valence-corrected chi connectivity index (χ0v) is 17.1. The van der Waals surface area contributed by atoms with Crippen LogP contribution >= 0.6 is 0 Å². The number of hydrogen-bond donors (Lipinski definition) is 0. The number of nitro groups is 2. The van der Waals surface area contributed by atoms with Gasteiger partial charge in [-0.1, -0.05) is 0 Å². The Morgan fingerprint density at radius 1 is 0.857 bits per heavy atom. The number of carbonyl (C=O) groups excluding carboxylic acids is 1. The molecule has 0 saturated heterocycles. The largest absolute Gasteiger partial charge is 0.461 e. The van der Waals surface area contributed by atoms with Crippen LogP contribution in [-0.2, 0) is 17.1 Å². The van der Waals surface area contributed by atoms with Gasteiger partial charge in [0.1, 0.15) is 5.69 Å². The molecule has 0 spiro atoms. The summed E-state index contributed by atoms with van der Waals surface area (Å²) in [4.78, 5) is 40.2. The molecular formula is C19H10F6N4O6. The van der Waals surface area contributed by atoms with E-state index in [0.29, 0.717) is 12.1 Å². The molecule has 0 aliphatic heterocycles. The first-order valence-corrected chi connectivity index (χ1v) is 9.25. The molecule has 184 valence electrons. The molecule has 0 unspecified atom stereocenters. The number of carbonyl (C=O) groups is 1. The monoisotopic (exact) mass is 504 g/mol. The molecule has 0 radical (unpaired) electrons. The summed E-state index contributed by atoms with van der Waals surface area (Å²) in [6.07, 6.45) is -10.4. The number of esters is 1. The molecule has 0 bridgehead atoms. The standard InChI is InChI=1S/C19H10F6N4O6/c1-2-35-17(30)16-15(8-3-9(18(20,21)22)5-10(4-8)19(23,24)25)26-11-6-13(28(31)32)14(29(33)34)7-12(11)27-16/h3-7H,2H2,1H3. The van der Waals surface area contributed by atoms with E-state index in [-0.39, 0.29) is 24.8 Å². The van der Waals surface area contributed by atoms with Crippen LogP contribution < -0.4 is 0 Å². The lowest BCUT2D eigenvalue weighted by Crippen LogP contribution is -2.14. The Labute approximate surface area is 189 Å². The third-order valence-electron chi connectivity index (χ3n) is 4.48. The topological polar surface area (TPSA) is 138 Å². The quantitative estimate of drug-likeness (QED) is 0.197. The molecule has 0 N–H and O–H groups in total. The normalized spacial score (nSPS) is 12.0. The van der Waals surface area contributed by atoms with Gasteiger partial charge in [-0.25, -0.2) is 14.8 Å². The van der Waals surface area contributed by atoms with E-state index in [1.807, 2.05) is 0 Å². The molecule has 16 heteroatoms. The molecule has 1 heterocycles. The summed E-state index contributed by atoms with van der Waals surface area (Å²) in [6.45, 7) is 1.08. The van der Waals surface area contributed by atoms with E-state index in [1.165, 1.54) is 6.92 Å².